The summed E-state index contributed by atoms with van der Waals surface area (Å²) in [4.78, 5) is 2.94. The predicted molar refractivity (Wildman–Crippen MR) is 54.8 cm³/mol. The normalized spacial score (nSPS) is 8.93. The van der Waals surface area contributed by atoms with Crippen molar-refractivity contribution in [2.75, 3.05) is 0 Å². The van der Waals surface area contributed by atoms with Crippen LogP contribution in [0.5, 0.6) is 5.75 Å². The van der Waals surface area contributed by atoms with Gasteiger partial charge in [0.2, 0.25) is 6.33 Å². The van der Waals surface area contributed by atoms with Crippen LogP contribution in [0.3, 0.4) is 0 Å². The van der Waals surface area contributed by atoms with Crippen LogP contribution in [-0.4, -0.2) is 10.1 Å². The van der Waals surface area contributed by atoms with E-state index < -0.39 is 0 Å². The number of aromatic nitrogens is 2. The highest BCUT2D eigenvalue weighted by Crippen LogP contribution is 2.02. The Balaban J connectivity index is 0.000000140. The Hall–Kier alpha value is -1.77. The van der Waals surface area contributed by atoms with Gasteiger partial charge in [-0.25, -0.2) is 4.57 Å². The smallest absolute Gasteiger partial charge is 0.241 e. The largest absolute Gasteiger partial charge is 0.508 e. The van der Waals surface area contributed by atoms with Crippen LogP contribution in [0.25, 0.3) is 0 Å². The van der Waals surface area contributed by atoms with Crippen molar-refractivity contribution in [1.82, 2.24) is 4.98 Å². The number of phenols is 1. The molecule has 3 heteroatoms. The van der Waals surface area contributed by atoms with Gasteiger partial charge in [0.1, 0.15) is 18.1 Å². The molecule has 0 spiro atoms. The van der Waals surface area contributed by atoms with Gasteiger partial charge in [-0.15, -0.1) is 0 Å². The molecule has 1 aromatic heterocycles. The molecule has 14 heavy (non-hydrogen) atoms. The quantitative estimate of drug-likeness (QED) is 0.662. The van der Waals surface area contributed by atoms with Crippen LogP contribution in [0.4, 0.5) is 0 Å². The second-order valence-electron chi connectivity index (χ2n) is 2.78. The van der Waals surface area contributed by atoms with E-state index in [9.17, 15) is 0 Å². The summed E-state index contributed by atoms with van der Waals surface area (Å²) in [6.07, 6.45) is 5.84. The van der Waals surface area contributed by atoms with E-state index in [1.165, 1.54) is 0 Å². The van der Waals surface area contributed by atoms with Gasteiger partial charge in [-0.1, -0.05) is 18.2 Å². The first-order chi connectivity index (χ1) is 6.83. The average Bonchev–Trinajstić information content (AvgIpc) is 2.72. The van der Waals surface area contributed by atoms with Crippen molar-refractivity contribution >= 4 is 0 Å². The molecule has 2 N–H and O–H groups in total. The van der Waals surface area contributed by atoms with E-state index in [0.29, 0.717) is 5.75 Å². The molecule has 1 heterocycles. The van der Waals surface area contributed by atoms with Gasteiger partial charge in [0, 0.05) is 0 Å². The molecule has 0 unspecified atom stereocenters. The summed E-state index contributed by atoms with van der Waals surface area (Å²) >= 11 is 0. The summed E-state index contributed by atoms with van der Waals surface area (Å²) in [5, 5.41) is 8.63. The SMILES string of the molecule is CC[n+]1cc[nH]c1.Oc1ccccc1. The molecule has 1 aromatic carbocycles. The molecule has 0 aliphatic carbocycles. The molecule has 0 atom stereocenters. The fourth-order valence-electron chi connectivity index (χ4n) is 0.945. The number of nitrogens with one attached hydrogen (secondary N) is 1. The zero-order valence-electron chi connectivity index (χ0n) is 8.22. The fraction of sp³-hybridized carbons (Fsp3) is 0.182. The number of hydrogen-bond acceptors (Lipinski definition) is 1. The van der Waals surface area contributed by atoms with Crippen LogP contribution in [0.1, 0.15) is 6.92 Å². The number of benzene rings is 1. The third kappa shape index (κ3) is 3.76. The number of hydrogen-bond donors (Lipinski definition) is 2. The first-order valence-corrected chi connectivity index (χ1v) is 4.58. The van der Waals surface area contributed by atoms with Crippen LogP contribution in [0.2, 0.25) is 0 Å². The lowest BCUT2D eigenvalue weighted by Crippen LogP contribution is -2.27. The lowest BCUT2D eigenvalue weighted by atomic mass is 10.3. The van der Waals surface area contributed by atoms with Gasteiger partial charge in [-0.05, 0) is 19.1 Å². The van der Waals surface area contributed by atoms with E-state index in [0.717, 1.165) is 6.54 Å². The molecule has 3 nitrogen and oxygen atoms in total. The summed E-state index contributed by atoms with van der Waals surface area (Å²) in [6.45, 7) is 3.15. The molecule has 2 rings (SSSR count). The Bertz CT molecular complexity index is 329. The van der Waals surface area contributed by atoms with E-state index in [1.807, 2.05) is 24.8 Å². The number of phenolic OH excluding ortho intramolecular Hbond substituents is 1. The molecule has 2 aromatic rings. The second kappa shape index (κ2) is 5.80. The minimum Gasteiger partial charge on any atom is -0.508 e. The molecule has 0 amide bonds. The van der Waals surface area contributed by atoms with Crippen LogP contribution in [0.15, 0.2) is 49.1 Å². The van der Waals surface area contributed by atoms with Gasteiger partial charge in [-0.2, -0.15) is 0 Å². The third-order valence-corrected chi connectivity index (χ3v) is 1.72. The Kier molecular flexibility index (Phi) is 4.27. The highest BCUT2D eigenvalue weighted by atomic mass is 16.3. The minimum absolute atomic E-state index is 0.322. The first kappa shape index (κ1) is 10.3. The van der Waals surface area contributed by atoms with Crippen LogP contribution in [0, 0.1) is 0 Å². The molecular weight excluding hydrogens is 176 g/mol. The molecule has 0 bridgehead atoms. The van der Waals surface area contributed by atoms with E-state index in [2.05, 4.69) is 16.5 Å². The van der Waals surface area contributed by atoms with Crippen LogP contribution >= 0.6 is 0 Å². The Morgan fingerprint density at radius 1 is 1.29 bits per heavy atom. The van der Waals surface area contributed by atoms with Crippen molar-refractivity contribution in [3.63, 3.8) is 0 Å². The summed E-state index contributed by atoms with van der Waals surface area (Å²) in [5.74, 6) is 0.322. The van der Waals surface area contributed by atoms with E-state index in [1.54, 1.807) is 24.3 Å². The van der Waals surface area contributed by atoms with Crippen molar-refractivity contribution in [2.24, 2.45) is 0 Å². The number of H-pyrrole nitrogens is 1. The van der Waals surface area contributed by atoms with Crippen LogP contribution in [-0.2, 0) is 6.54 Å². The molecule has 0 saturated carbocycles. The summed E-state index contributed by atoms with van der Waals surface area (Å²) in [7, 11) is 0. The number of aryl methyl sites for hydroxylation is 1. The monoisotopic (exact) mass is 191 g/mol. The predicted octanol–water partition coefficient (Wildman–Crippen LogP) is 1.71. The third-order valence-electron chi connectivity index (χ3n) is 1.72. The van der Waals surface area contributed by atoms with Crippen molar-refractivity contribution in [1.29, 1.82) is 0 Å². The lowest BCUT2D eigenvalue weighted by molar-refractivity contribution is -0.692. The van der Waals surface area contributed by atoms with Gasteiger partial charge in [0.15, 0.2) is 0 Å². The molecular formula is C11H15N2O+. The Morgan fingerprint density at radius 3 is 2.29 bits per heavy atom. The molecule has 0 aliphatic rings. The summed E-state index contributed by atoms with van der Waals surface area (Å²) in [5.41, 5.74) is 0. The number of aromatic hydroxyl groups is 1. The minimum atomic E-state index is 0.322. The highest BCUT2D eigenvalue weighted by Gasteiger charge is 1.85. The van der Waals surface area contributed by atoms with Gasteiger partial charge in [0.25, 0.3) is 0 Å². The number of nitrogens with zero attached hydrogens (tertiary/aromatic N) is 1. The molecule has 74 valence electrons. The van der Waals surface area contributed by atoms with Crippen molar-refractivity contribution in [3.05, 3.63) is 49.1 Å². The topological polar surface area (TPSA) is 39.9 Å². The summed E-state index contributed by atoms with van der Waals surface area (Å²) in [6, 6.07) is 8.71. The number of imidazole rings is 1. The maximum Gasteiger partial charge on any atom is 0.241 e. The van der Waals surface area contributed by atoms with E-state index in [-0.39, 0.29) is 0 Å². The number of rotatable bonds is 1. The van der Waals surface area contributed by atoms with Gasteiger partial charge >= 0.3 is 0 Å². The first-order valence-electron chi connectivity index (χ1n) is 4.58. The molecule has 0 aliphatic heterocycles. The number of para-hydroxylation sites is 1. The van der Waals surface area contributed by atoms with Crippen molar-refractivity contribution < 1.29 is 9.67 Å². The molecule has 0 radical (unpaired) electrons. The average molecular weight is 191 g/mol. The van der Waals surface area contributed by atoms with Gasteiger partial charge < -0.3 is 5.11 Å². The summed E-state index contributed by atoms with van der Waals surface area (Å²) < 4.78 is 2.07. The Labute approximate surface area is 83.7 Å². The molecule has 0 saturated heterocycles. The Morgan fingerprint density at radius 2 is 2.00 bits per heavy atom. The molecule has 0 fully saturated rings. The standard InChI is InChI=1S/C6H6O.C5H8N2/c7-6-4-2-1-3-5-6;1-2-7-4-3-6-5-7/h1-5,7H;3-5H,2H2,1H3/p+1. The highest BCUT2D eigenvalue weighted by molar-refractivity contribution is 5.18. The second-order valence-corrected chi connectivity index (χ2v) is 2.78. The zero-order valence-corrected chi connectivity index (χ0v) is 8.22. The maximum absolute atomic E-state index is 8.63. The van der Waals surface area contributed by atoms with E-state index >= 15 is 0 Å². The maximum atomic E-state index is 8.63. The zero-order chi connectivity index (χ0) is 10.2. The lowest BCUT2D eigenvalue weighted by Gasteiger charge is -1.82. The van der Waals surface area contributed by atoms with Gasteiger partial charge in [0.05, 0.1) is 6.54 Å². The van der Waals surface area contributed by atoms with Gasteiger partial charge in [-0.3, -0.25) is 4.98 Å². The fourth-order valence-corrected chi connectivity index (χ4v) is 0.945. The van der Waals surface area contributed by atoms with Crippen molar-refractivity contribution in [3.8, 4) is 5.75 Å². The number of aromatic amines is 1. The van der Waals surface area contributed by atoms with E-state index in [4.69, 9.17) is 5.11 Å². The van der Waals surface area contributed by atoms with Crippen LogP contribution < -0.4 is 4.57 Å². The van der Waals surface area contributed by atoms with Crippen molar-refractivity contribution in [2.45, 2.75) is 13.5 Å².